The zero-order chi connectivity index (χ0) is 20.2. The Hall–Kier alpha value is -1.92. The van der Waals surface area contributed by atoms with E-state index in [1.165, 1.54) is 19.3 Å². The van der Waals surface area contributed by atoms with E-state index in [4.69, 9.17) is 16.0 Å². The number of rotatable bonds is 5. The average Bonchev–Trinajstić information content (AvgIpc) is 3.43. The molecule has 2 amide bonds. The van der Waals surface area contributed by atoms with Crippen LogP contribution in [0.25, 0.3) is 0 Å². The summed E-state index contributed by atoms with van der Waals surface area (Å²) in [6.45, 7) is 0.323. The summed E-state index contributed by atoms with van der Waals surface area (Å²) in [6, 6.07) is 10.1. The fourth-order valence-corrected chi connectivity index (χ4v) is 5.98. The third-order valence-corrected chi connectivity index (χ3v) is 7.45. The smallest absolute Gasteiger partial charge is 0.255 e. The first-order valence-corrected chi connectivity index (χ1v) is 11.6. The topological polar surface area (TPSA) is 62.6 Å². The van der Waals surface area contributed by atoms with Gasteiger partial charge in [0.25, 0.3) is 5.91 Å². The molecule has 1 N–H and O–H groups in total. The molecule has 1 saturated carbocycles. The molecule has 2 aliphatic rings. The van der Waals surface area contributed by atoms with E-state index in [2.05, 4.69) is 5.32 Å². The Morgan fingerprint density at radius 3 is 2.59 bits per heavy atom. The van der Waals surface area contributed by atoms with Gasteiger partial charge in [-0.15, -0.1) is 11.8 Å². The molecule has 0 bridgehead atoms. The molecule has 2 heterocycles. The van der Waals surface area contributed by atoms with Crippen molar-refractivity contribution in [2.45, 2.75) is 50.1 Å². The van der Waals surface area contributed by atoms with Crippen molar-refractivity contribution in [1.82, 2.24) is 10.2 Å². The van der Waals surface area contributed by atoms with Crippen molar-refractivity contribution in [1.29, 1.82) is 0 Å². The molecule has 2 unspecified atom stereocenters. The lowest BCUT2D eigenvalue weighted by atomic mass is 9.88. The van der Waals surface area contributed by atoms with E-state index in [1.54, 1.807) is 48.4 Å². The van der Waals surface area contributed by atoms with Crippen LogP contribution in [0.4, 0.5) is 0 Å². The molecule has 29 heavy (non-hydrogen) atoms. The number of nitrogens with zero attached hydrogens (tertiary/aromatic N) is 1. The predicted octanol–water partition coefficient (Wildman–Crippen LogP) is 4.71. The molecular formula is C22H25ClN2O3S. The second kappa shape index (κ2) is 9.26. The minimum Gasteiger partial charge on any atom is -0.467 e. The SMILES string of the molecule is O=C(NCc1ccco1)C1CSC(C2CCCCC2)N1C(=O)c1ccc(Cl)cc1. The Kier molecular flexibility index (Phi) is 6.50. The van der Waals surface area contributed by atoms with Crippen molar-refractivity contribution in [3.8, 4) is 0 Å². The van der Waals surface area contributed by atoms with Gasteiger partial charge in [-0.05, 0) is 55.2 Å². The minimum atomic E-state index is -0.481. The molecule has 1 aliphatic heterocycles. The van der Waals surface area contributed by atoms with E-state index in [0.717, 1.165) is 12.8 Å². The fourth-order valence-electron chi connectivity index (χ4n) is 4.22. The molecule has 0 spiro atoms. The van der Waals surface area contributed by atoms with Gasteiger partial charge in [0.2, 0.25) is 5.91 Å². The Morgan fingerprint density at radius 2 is 1.90 bits per heavy atom. The third kappa shape index (κ3) is 4.64. The van der Waals surface area contributed by atoms with Gasteiger partial charge < -0.3 is 14.6 Å². The van der Waals surface area contributed by atoms with Crippen molar-refractivity contribution >= 4 is 35.2 Å². The summed E-state index contributed by atoms with van der Waals surface area (Å²) >= 11 is 7.73. The highest BCUT2D eigenvalue weighted by molar-refractivity contribution is 8.00. The van der Waals surface area contributed by atoms with Gasteiger partial charge in [0.1, 0.15) is 11.8 Å². The summed E-state index contributed by atoms with van der Waals surface area (Å²) in [5.74, 6) is 1.52. The lowest BCUT2D eigenvalue weighted by Crippen LogP contribution is -2.51. The van der Waals surface area contributed by atoms with Crippen molar-refractivity contribution in [3.63, 3.8) is 0 Å². The quantitative estimate of drug-likeness (QED) is 0.742. The van der Waals surface area contributed by atoms with Crippen molar-refractivity contribution in [2.75, 3.05) is 5.75 Å². The van der Waals surface area contributed by atoms with Crippen LogP contribution in [0.3, 0.4) is 0 Å². The first kappa shape index (κ1) is 20.4. The van der Waals surface area contributed by atoms with E-state index in [1.807, 2.05) is 11.0 Å². The maximum absolute atomic E-state index is 13.4. The predicted molar refractivity (Wildman–Crippen MR) is 115 cm³/mol. The molecule has 1 aromatic heterocycles. The Balaban J connectivity index is 1.54. The molecule has 154 valence electrons. The number of hydrogen-bond donors (Lipinski definition) is 1. The number of nitrogens with one attached hydrogen (secondary N) is 1. The van der Waals surface area contributed by atoms with Gasteiger partial charge in [-0.25, -0.2) is 0 Å². The van der Waals surface area contributed by atoms with Crippen molar-refractivity contribution in [2.24, 2.45) is 5.92 Å². The van der Waals surface area contributed by atoms with Gasteiger partial charge in [-0.1, -0.05) is 30.9 Å². The van der Waals surface area contributed by atoms with Gasteiger partial charge in [-0.3, -0.25) is 9.59 Å². The Bertz CT molecular complexity index is 834. The van der Waals surface area contributed by atoms with E-state index in [0.29, 0.717) is 34.6 Å². The Labute approximate surface area is 180 Å². The number of carbonyl (C=O) groups is 2. The molecule has 1 saturated heterocycles. The number of carbonyl (C=O) groups excluding carboxylic acids is 2. The van der Waals surface area contributed by atoms with Crippen molar-refractivity contribution < 1.29 is 14.0 Å². The number of thioether (sulfide) groups is 1. The average molecular weight is 433 g/mol. The fraction of sp³-hybridized carbons (Fsp3) is 0.455. The Morgan fingerprint density at radius 1 is 1.14 bits per heavy atom. The molecular weight excluding hydrogens is 408 g/mol. The van der Waals surface area contributed by atoms with Gasteiger partial charge in [0.05, 0.1) is 18.2 Å². The van der Waals surface area contributed by atoms with Gasteiger partial charge in [0, 0.05) is 16.3 Å². The van der Waals surface area contributed by atoms with Crippen molar-refractivity contribution in [3.05, 3.63) is 59.0 Å². The molecule has 2 atom stereocenters. The van der Waals surface area contributed by atoms with Crippen LogP contribution in [0, 0.1) is 5.92 Å². The molecule has 1 aliphatic carbocycles. The van der Waals surface area contributed by atoms with Crippen LogP contribution >= 0.6 is 23.4 Å². The highest BCUT2D eigenvalue weighted by atomic mass is 35.5. The molecule has 4 rings (SSSR count). The third-order valence-electron chi connectivity index (χ3n) is 5.73. The van der Waals surface area contributed by atoms with E-state index >= 15 is 0 Å². The normalized spacial score (nSPS) is 22.6. The van der Waals surface area contributed by atoms with Gasteiger partial charge >= 0.3 is 0 Å². The monoisotopic (exact) mass is 432 g/mol. The first-order valence-electron chi connectivity index (χ1n) is 10.1. The zero-order valence-corrected chi connectivity index (χ0v) is 17.8. The van der Waals surface area contributed by atoms with Crippen LogP contribution in [-0.4, -0.2) is 33.9 Å². The first-order chi connectivity index (χ1) is 14.1. The zero-order valence-electron chi connectivity index (χ0n) is 16.2. The van der Waals surface area contributed by atoms with Crippen LogP contribution in [-0.2, 0) is 11.3 Å². The molecule has 2 aromatic rings. The summed E-state index contributed by atoms with van der Waals surface area (Å²) in [5, 5.41) is 3.57. The molecule has 0 radical (unpaired) electrons. The lowest BCUT2D eigenvalue weighted by molar-refractivity contribution is -0.125. The second-order valence-corrected chi connectivity index (χ2v) is 9.24. The highest BCUT2D eigenvalue weighted by Crippen LogP contribution is 2.41. The summed E-state index contributed by atoms with van der Waals surface area (Å²) in [6.07, 6.45) is 7.46. The molecule has 1 aromatic carbocycles. The number of benzene rings is 1. The van der Waals surface area contributed by atoms with Crippen LogP contribution in [0.5, 0.6) is 0 Å². The number of furan rings is 1. The number of halogens is 1. The summed E-state index contributed by atoms with van der Waals surface area (Å²) in [7, 11) is 0. The van der Waals surface area contributed by atoms with E-state index in [9.17, 15) is 9.59 Å². The maximum atomic E-state index is 13.4. The van der Waals surface area contributed by atoms with Crippen LogP contribution in [0.1, 0.15) is 48.2 Å². The highest BCUT2D eigenvalue weighted by Gasteiger charge is 2.45. The van der Waals surface area contributed by atoms with Crippen LogP contribution in [0.15, 0.2) is 47.1 Å². The summed E-state index contributed by atoms with van der Waals surface area (Å²) < 4.78 is 5.30. The summed E-state index contributed by atoms with van der Waals surface area (Å²) in [4.78, 5) is 28.2. The minimum absolute atomic E-state index is 0.0397. The van der Waals surface area contributed by atoms with Gasteiger partial charge in [0.15, 0.2) is 0 Å². The summed E-state index contributed by atoms with van der Waals surface area (Å²) in [5.41, 5.74) is 0.571. The standard InChI is InChI=1S/C22H25ClN2O3S/c23-17-10-8-15(9-11-17)21(27)25-19(20(26)24-13-18-7-4-12-28-18)14-29-22(25)16-5-2-1-3-6-16/h4,7-12,16,19,22H,1-3,5-6,13-14H2,(H,24,26). The molecule has 5 nitrogen and oxygen atoms in total. The van der Waals surface area contributed by atoms with Crippen LogP contribution in [0.2, 0.25) is 5.02 Å². The largest absolute Gasteiger partial charge is 0.467 e. The van der Waals surface area contributed by atoms with E-state index in [-0.39, 0.29) is 17.2 Å². The molecule has 7 heteroatoms. The maximum Gasteiger partial charge on any atom is 0.255 e. The van der Waals surface area contributed by atoms with Crippen LogP contribution < -0.4 is 5.32 Å². The van der Waals surface area contributed by atoms with E-state index < -0.39 is 6.04 Å². The van der Waals surface area contributed by atoms with Gasteiger partial charge in [-0.2, -0.15) is 0 Å². The molecule has 2 fully saturated rings. The second-order valence-electron chi connectivity index (χ2n) is 7.65. The lowest BCUT2D eigenvalue weighted by Gasteiger charge is -2.35. The number of amides is 2. The number of hydrogen-bond acceptors (Lipinski definition) is 4.